The van der Waals surface area contributed by atoms with Crippen LogP contribution in [0.5, 0.6) is 0 Å². The molecule has 28 heavy (non-hydrogen) atoms. The second-order valence-corrected chi connectivity index (χ2v) is 8.96. The first kappa shape index (κ1) is 20.1. The summed E-state index contributed by atoms with van der Waals surface area (Å²) in [6, 6.07) is 18.5. The van der Waals surface area contributed by atoms with Gasteiger partial charge in [-0.05, 0) is 73.5 Å². The van der Waals surface area contributed by atoms with E-state index in [0.29, 0.717) is 11.4 Å². The Balaban J connectivity index is 1.82. The van der Waals surface area contributed by atoms with Gasteiger partial charge in [0.25, 0.3) is 15.9 Å². The van der Waals surface area contributed by atoms with Crippen molar-refractivity contribution in [2.75, 3.05) is 10.0 Å². The number of hydrogen-bond acceptors (Lipinski definition) is 3. The van der Waals surface area contributed by atoms with Crippen LogP contribution in [0.2, 0.25) is 0 Å². The average Bonchev–Trinajstić information content (AvgIpc) is 2.64. The summed E-state index contributed by atoms with van der Waals surface area (Å²) < 4.78 is 28.8. The SMILES string of the molecule is Cc1cccc(NS(=O)(=O)c2cccc(C(=O)Nc3ccc(Br)c(C)c3)c2)c1. The van der Waals surface area contributed by atoms with Gasteiger partial charge < -0.3 is 5.32 Å². The van der Waals surface area contributed by atoms with Gasteiger partial charge in [-0.2, -0.15) is 0 Å². The maximum Gasteiger partial charge on any atom is 0.261 e. The van der Waals surface area contributed by atoms with Crippen LogP contribution in [0.25, 0.3) is 0 Å². The highest BCUT2D eigenvalue weighted by atomic mass is 79.9. The molecule has 3 rings (SSSR count). The minimum Gasteiger partial charge on any atom is -0.322 e. The second-order valence-electron chi connectivity index (χ2n) is 6.42. The third-order valence-electron chi connectivity index (χ3n) is 4.09. The monoisotopic (exact) mass is 458 g/mol. The van der Waals surface area contributed by atoms with Gasteiger partial charge in [0, 0.05) is 21.4 Å². The molecule has 0 atom stereocenters. The number of anilines is 2. The molecule has 0 unspecified atom stereocenters. The first-order valence-corrected chi connectivity index (χ1v) is 10.8. The molecule has 1 amide bonds. The molecule has 0 aromatic heterocycles. The number of hydrogen-bond donors (Lipinski definition) is 2. The van der Waals surface area contributed by atoms with Crippen LogP contribution in [-0.2, 0) is 10.0 Å². The van der Waals surface area contributed by atoms with Crippen LogP contribution < -0.4 is 10.0 Å². The van der Waals surface area contributed by atoms with Crippen LogP contribution in [0.15, 0.2) is 76.1 Å². The molecule has 144 valence electrons. The van der Waals surface area contributed by atoms with Crippen LogP contribution in [0, 0.1) is 13.8 Å². The summed E-state index contributed by atoms with van der Waals surface area (Å²) in [5, 5.41) is 2.79. The summed E-state index contributed by atoms with van der Waals surface area (Å²) in [4.78, 5) is 12.6. The first-order valence-electron chi connectivity index (χ1n) is 8.52. The Labute approximate surface area is 173 Å². The predicted octanol–water partition coefficient (Wildman–Crippen LogP) is 5.12. The van der Waals surface area contributed by atoms with E-state index >= 15 is 0 Å². The lowest BCUT2D eigenvalue weighted by Gasteiger charge is -2.11. The molecule has 5 nitrogen and oxygen atoms in total. The number of halogens is 1. The van der Waals surface area contributed by atoms with E-state index in [9.17, 15) is 13.2 Å². The van der Waals surface area contributed by atoms with Gasteiger partial charge in [0.1, 0.15) is 0 Å². The summed E-state index contributed by atoms with van der Waals surface area (Å²) in [7, 11) is -3.81. The summed E-state index contributed by atoms with van der Waals surface area (Å²) in [6.07, 6.45) is 0. The number of rotatable bonds is 5. The normalized spacial score (nSPS) is 11.1. The number of carbonyl (C=O) groups is 1. The quantitative estimate of drug-likeness (QED) is 0.556. The molecule has 2 N–H and O–H groups in total. The molecule has 0 radical (unpaired) electrons. The Kier molecular flexibility index (Phi) is 5.86. The highest BCUT2D eigenvalue weighted by Gasteiger charge is 2.17. The lowest BCUT2D eigenvalue weighted by Crippen LogP contribution is -2.16. The first-order chi connectivity index (χ1) is 13.2. The molecular formula is C21H19BrN2O3S. The smallest absolute Gasteiger partial charge is 0.261 e. The molecule has 0 heterocycles. The molecule has 0 fully saturated rings. The van der Waals surface area contributed by atoms with E-state index in [2.05, 4.69) is 26.0 Å². The van der Waals surface area contributed by atoms with Crippen molar-refractivity contribution in [3.8, 4) is 0 Å². The Hall–Kier alpha value is -2.64. The van der Waals surface area contributed by atoms with Crippen molar-refractivity contribution in [2.24, 2.45) is 0 Å². The van der Waals surface area contributed by atoms with Gasteiger partial charge in [-0.15, -0.1) is 0 Å². The molecule has 0 bridgehead atoms. The minimum atomic E-state index is -3.81. The number of carbonyl (C=O) groups excluding carboxylic acids is 1. The van der Waals surface area contributed by atoms with Crippen molar-refractivity contribution < 1.29 is 13.2 Å². The Morgan fingerprint density at radius 3 is 2.36 bits per heavy atom. The molecule has 7 heteroatoms. The molecular weight excluding hydrogens is 440 g/mol. The fourth-order valence-electron chi connectivity index (χ4n) is 2.65. The summed E-state index contributed by atoms with van der Waals surface area (Å²) in [5.41, 5.74) is 3.29. The fraction of sp³-hybridized carbons (Fsp3) is 0.0952. The van der Waals surface area contributed by atoms with Crippen LogP contribution in [0.1, 0.15) is 21.5 Å². The zero-order valence-corrected chi connectivity index (χ0v) is 17.8. The predicted molar refractivity (Wildman–Crippen MR) is 115 cm³/mol. The van der Waals surface area contributed by atoms with E-state index in [-0.39, 0.29) is 16.4 Å². The van der Waals surface area contributed by atoms with Gasteiger partial charge in [0.15, 0.2) is 0 Å². The van der Waals surface area contributed by atoms with Crippen LogP contribution in [0.4, 0.5) is 11.4 Å². The number of amides is 1. The standard InChI is InChI=1S/C21H19BrN2O3S/c1-14-5-3-7-18(11-14)24-28(26,27)19-8-4-6-16(13-19)21(25)23-17-9-10-20(22)15(2)12-17/h3-13,24H,1-2H3,(H,23,25). The molecule has 0 spiro atoms. The number of aryl methyl sites for hydroxylation is 2. The molecule has 0 aliphatic rings. The minimum absolute atomic E-state index is 0.0219. The van der Waals surface area contributed by atoms with E-state index in [4.69, 9.17) is 0 Å². The molecule has 3 aromatic carbocycles. The summed E-state index contributed by atoms with van der Waals surface area (Å²) in [5.74, 6) is -0.380. The van der Waals surface area contributed by atoms with Crippen molar-refractivity contribution in [3.63, 3.8) is 0 Å². The van der Waals surface area contributed by atoms with Gasteiger partial charge >= 0.3 is 0 Å². The van der Waals surface area contributed by atoms with Crippen molar-refractivity contribution in [2.45, 2.75) is 18.7 Å². The number of sulfonamides is 1. The largest absolute Gasteiger partial charge is 0.322 e. The Bertz CT molecular complexity index is 1140. The maximum absolute atomic E-state index is 12.7. The molecule has 0 aliphatic carbocycles. The summed E-state index contributed by atoms with van der Waals surface area (Å²) in [6.45, 7) is 3.80. The van der Waals surface area contributed by atoms with E-state index in [1.54, 1.807) is 36.4 Å². The van der Waals surface area contributed by atoms with E-state index in [1.165, 1.54) is 12.1 Å². The van der Waals surface area contributed by atoms with Crippen LogP contribution >= 0.6 is 15.9 Å². The highest BCUT2D eigenvalue weighted by Crippen LogP contribution is 2.22. The molecule has 3 aromatic rings. The summed E-state index contributed by atoms with van der Waals surface area (Å²) >= 11 is 3.42. The lowest BCUT2D eigenvalue weighted by atomic mass is 10.2. The topological polar surface area (TPSA) is 75.3 Å². The number of benzene rings is 3. The van der Waals surface area contributed by atoms with Gasteiger partial charge in [0.05, 0.1) is 4.90 Å². The Morgan fingerprint density at radius 1 is 0.893 bits per heavy atom. The van der Waals surface area contributed by atoms with Crippen molar-refractivity contribution in [3.05, 3.63) is 87.9 Å². The van der Waals surface area contributed by atoms with Crippen molar-refractivity contribution in [1.82, 2.24) is 0 Å². The Morgan fingerprint density at radius 2 is 1.64 bits per heavy atom. The van der Waals surface area contributed by atoms with E-state index < -0.39 is 10.0 Å². The van der Waals surface area contributed by atoms with Crippen LogP contribution in [0.3, 0.4) is 0 Å². The van der Waals surface area contributed by atoms with E-state index in [1.807, 2.05) is 32.0 Å². The molecule has 0 saturated carbocycles. The van der Waals surface area contributed by atoms with Gasteiger partial charge in [-0.25, -0.2) is 8.42 Å². The van der Waals surface area contributed by atoms with Gasteiger partial charge in [-0.3, -0.25) is 9.52 Å². The zero-order chi connectivity index (χ0) is 20.3. The van der Waals surface area contributed by atoms with Crippen molar-refractivity contribution >= 4 is 43.2 Å². The zero-order valence-electron chi connectivity index (χ0n) is 15.4. The third-order valence-corrected chi connectivity index (χ3v) is 6.36. The second kappa shape index (κ2) is 8.16. The highest BCUT2D eigenvalue weighted by molar-refractivity contribution is 9.10. The lowest BCUT2D eigenvalue weighted by molar-refractivity contribution is 0.102. The molecule has 0 aliphatic heterocycles. The van der Waals surface area contributed by atoms with E-state index in [0.717, 1.165) is 15.6 Å². The van der Waals surface area contributed by atoms with Crippen molar-refractivity contribution in [1.29, 1.82) is 0 Å². The fourth-order valence-corrected chi connectivity index (χ4v) is 3.99. The maximum atomic E-state index is 12.7. The average molecular weight is 459 g/mol. The molecule has 0 saturated heterocycles. The third kappa shape index (κ3) is 4.79. The van der Waals surface area contributed by atoms with Gasteiger partial charge in [0.2, 0.25) is 0 Å². The number of nitrogens with one attached hydrogen (secondary N) is 2. The van der Waals surface area contributed by atoms with Gasteiger partial charge in [-0.1, -0.05) is 34.1 Å². The van der Waals surface area contributed by atoms with Crippen LogP contribution in [-0.4, -0.2) is 14.3 Å².